The van der Waals surface area contributed by atoms with Crippen LogP contribution >= 0.6 is 11.3 Å². The van der Waals surface area contributed by atoms with Crippen LogP contribution in [-0.4, -0.2) is 87.4 Å². The summed E-state index contributed by atoms with van der Waals surface area (Å²) in [5, 5.41) is 40.7. The lowest BCUT2D eigenvalue weighted by Gasteiger charge is -2.45. The van der Waals surface area contributed by atoms with E-state index in [1.54, 1.807) is 4.90 Å². The number of hydrogen-bond acceptors (Lipinski definition) is 8. The van der Waals surface area contributed by atoms with Crippen molar-refractivity contribution in [2.45, 2.75) is 43.4 Å². The number of aliphatic hydroxyl groups excluding tert-OH is 4. The summed E-state index contributed by atoms with van der Waals surface area (Å²) in [5.74, 6) is 0.0840. The zero-order chi connectivity index (χ0) is 19.8. The van der Waals surface area contributed by atoms with Crippen molar-refractivity contribution in [3.8, 4) is 0 Å². The maximum atomic E-state index is 12.8. The van der Waals surface area contributed by atoms with E-state index >= 15 is 0 Å². The fraction of sp³-hybridized carbons (Fsp3) is 0.812. The Kier molecular flexibility index (Phi) is 6.28. The van der Waals surface area contributed by atoms with Crippen LogP contribution in [-0.2, 0) is 6.18 Å². The predicted molar refractivity (Wildman–Crippen MR) is 92.5 cm³/mol. The molecule has 2 fully saturated rings. The van der Waals surface area contributed by atoms with E-state index in [1.165, 1.54) is 0 Å². The van der Waals surface area contributed by atoms with Crippen molar-refractivity contribution < 1.29 is 33.6 Å². The van der Waals surface area contributed by atoms with Crippen LogP contribution in [0.1, 0.15) is 18.5 Å². The molecule has 0 aromatic carbocycles. The van der Waals surface area contributed by atoms with Gasteiger partial charge in [-0.3, -0.25) is 4.90 Å². The summed E-state index contributed by atoms with van der Waals surface area (Å²) < 4.78 is 38.3. The Balaban J connectivity index is 1.65. The molecule has 0 spiro atoms. The molecule has 5 atom stereocenters. The smallest absolute Gasteiger partial charge is 0.395 e. The lowest BCUT2D eigenvalue weighted by molar-refractivity contribution is -0.147. The second kappa shape index (κ2) is 8.18. The maximum absolute atomic E-state index is 12.8. The Labute approximate surface area is 158 Å². The molecule has 0 saturated carbocycles. The molecule has 2 aliphatic heterocycles. The number of hydrogen-bond donors (Lipinski definition) is 4. The number of β-amino-alcohol motifs (C(OH)–C–C–N with tert-alkyl or cyclic N) is 1. The van der Waals surface area contributed by atoms with Crippen molar-refractivity contribution in [3.05, 3.63) is 11.1 Å². The maximum Gasteiger partial charge on any atom is 0.434 e. The summed E-state index contributed by atoms with van der Waals surface area (Å²) in [5.41, 5.74) is -0.888. The average Bonchev–Trinajstić information content (AvgIpc) is 3.11. The molecule has 0 bridgehead atoms. The molecule has 1 aromatic heterocycles. The van der Waals surface area contributed by atoms with Gasteiger partial charge in [-0.05, 0) is 18.8 Å². The quantitative estimate of drug-likeness (QED) is 0.559. The van der Waals surface area contributed by atoms with Crippen molar-refractivity contribution in [2.75, 3.05) is 37.7 Å². The molecule has 27 heavy (non-hydrogen) atoms. The van der Waals surface area contributed by atoms with Gasteiger partial charge in [-0.2, -0.15) is 13.2 Å². The molecule has 0 amide bonds. The van der Waals surface area contributed by atoms with Gasteiger partial charge in [0.15, 0.2) is 10.8 Å². The highest BCUT2D eigenvalue weighted by molar-refractivity contribution is 7.13. The number of halogens is 3. The van der Waals surface area contributed by atoms with Crippen LogP contribution in [0.15, 0.2) is 5.38 Å². The first kappa shape index (κ1) is 20.7. The Hall–Kier alpha value is -0.980. The lowest BCUT2D eigenvalue weighted by atomic mass is 9.91. The topological polar surface area (TPSA) is 100 Å². The minimum absolute atomic E-state index is 0.0840. The number of aliphatic hydroxyl groups is 4. The molecular weight excluding hydrogens is 387 g/mol. The van der Waals surface area contributed by atoms with Gasteiger partial charge in [0, 0.05) is 31.6 Å². The van der Waals surface area contributed by atoms with Gasteiger partial charge in [0.1, 0.15) is 12.2 Å². The Morgan fingerprint density at radius 2 is 1.93 bits per heavy atom. The summed E-state index contributed by atoms with van der Waals surface area (Å²) in [4.78, 5) is 7.28. The van der Waals surface area contributed by atoms with Gasteiger partial charge < -0.3 is 25.3 Å². The summed E-state index contributed by atoms with van der Waals surface area (Å²) >= 11 is 0.965. The first-order valence-electron chi connectivity index (χ1n) is 8.87. The van der Waals surface area contributed by atoms with E-state index in [9.17, 15) is 33.6 Å². The third-order valence-corrected chi connectivity index (χ3v) is 6.18. The molecule has 3 heterocycles. The van der Waals surface area contributed by atoms with Crippen molar-refractivity contribution >= 4 is 16.5 Å². The van der Waals surface area contributed by atoms with Crippen molar-refractivity contribution in [3.63, 3.8) is 0 Å². The number of anilines is 1. The first-order chi connectivity index (χ1) is 12.7. The largest absolute Gasteiger partial charge is 0.434 e. The van der Waals surface area contributed by atoms with Gasteiger partial charge in [-0.25, -0.2) is 4.98 Å². The highest BCUT2D eigenvalue weighted by Gasteiger charge is 2.42. The summed E-state index contributed by atoms with van der Waals surface area (Å²) in [6.07, 6.45) is -6.51. The van der Waals surface area contributed by atoms with Crippen LogP contribution < -0.4 is 4.90 Å². The summed E-state index contributed by atoms with van der Waals surface area (Å²) in [6, 6.07) is -0.685. The van der Waals surface area contributed by atoms with E-state index in [-0.39, 0.29) is 19.1 Å². The first-order valence-corrected chi connectivity index (χ1v) is 9.75. The molecule has 0 unspecified atom stereocenters. The van der Waals surface area contributed by atoms with Crippen LogP contribution in [0, 0.1) is 5.92 Å². The Bertz CT molecular complexity index is 632. The second-order valence-electron chi connectivity index (χ2n) is 7.22. The van der Waals surface area contributed by atoms with E-state index in [0.29, 0.717) is 24.8 Å². The van der Waals surface area contributed by atoms with E-state index in [4.69, 9.17) is 0 Å². The third-order valence-electron chi connectivity index (χ3n) is 5.28. The normalized spacial score (nSPS) is 33.4. The van der Waals surface area contributed by atoms with Crippen LogP contribution in [0.25, 0.3) is 0 Å². The highest BCUT2D eigenvalue weighted by atomic mass is 32.1. The molecule has 11 heteroatoms. The average molecular weight is 411 g/mol. The van der Waals surface area contributed by atoms with Gasteiger partial charge >= 0.3 is 6.18 Å². The summed E-state index contributed by atoms with van der Waals surface area (Å²) in [7, 11) is 0. The zero-order valence-electron chi connectivity index (χ0n) is 14.6. The van der Waals surface area contributed by atoms with Crippen molar-refractivity contribution in [1.29, 1.82) is 0 Å². The molecule has 4 N–H and O–H groups in total. The predicted octanol–water partition coefficient (Wildman–Crippen LogP) is 0.137. The summed E-state index contributed by atoms with van der Waals surface area (Å²) in [6.45, 7) is 1.35. The van der Waals surface area contributed by atoms with Gasteiger partial charge in [0.25, 0.3) is 0 Å². The molecule has 154 valence electrons. The van der Waals surface area contributed by atoms with Crippen LogP contribution in [0.3, 0.4) is 0 Å². The zero-order valence-corrected chi connectivity index (χ0v) is 15.4. The standard InChI is InChI=1S/C16H24F3N3O4S/c17-16(18,19)12-8-27-15(20-12)21-3-1-2-9(4-21)5-22-6-11(24)14(26)13(25)10(22)7-23/h8-11,13-14,23-26H,1-7H2/t9-,10+,11-,13+,14+/m0/s1. The van der Waals surface area contributed by atoms with E-state index < -0.39 is 36.2 Å². The van der Waals surface area contributed by atoms with Gasteiger partial charge in [0.05, 0.1) is 18.8 Å². The number of nitrogens with zero attached hydrogens (tertiary/aromatic N) is 3. The molecule has 0 radical (unpaired) electrons. The molecule has 1 aromatic rings. The minimum Gasteiger partial charge on any atom is -0.395 e. The molecule has 7 nitrogen and oxygen atoms in total. The third kappa shape index (κ3) is 4.54. The van der Waals surface area contributed by atoms with E-state index in [1.807, 2.05) is 4.90 Å². The van der Waals surface area contributed by atoms with Crippen LogP contribution in [0.4, 0.5) is 18.3 Å². The van der Waals surface area contributed by atoms with Gasteiger partial charge in [0.2, 0.25) is 0 Å². The lowest BCUT2D eigenvalue weighted by Crippen LogP contribution is -2.63. The molecule has 0 aliphatic carbocycles. The Morgan fingerprint density at radius 1 is 1.19 bits per heavy atom. The second-order valence-corrected chi connectivity index (χ2v) is 8.06. The van der Waals surface area contributed by atoms with Crippen molar-refractivity contribution in [1.82, 2.24) is 9.88 Å². The molecular formula is C16H24F3N3O4S. The minimum atomic E-state index is -4.46. The van der Waals surface area contributed by atoms with Gasteiger partial charge in [-0.1, -0.05) is 0 Å². The van der Waals surface area contributed by atoms with E-state index in [2.05, 4.69) is 4.98 Å². The number of alkyl halides is 3. The molecule has 2 aliphatic rings. The number of thiazole rings is 1. The SMILES string of the molecule is OC[C@@H]1[C@@H](O)[C@H](O)[C@@H](O)CN1C[C@H]1CCCN(c2nc(C(F)(F)F)cs2)C1. The van der Waals surface area contributed by atoms with E-state index in [0.717, 1.165) is 29.6 Å². The number of aromatic nitrogens is 1. The fourth-order valence-electron chi connectivity index (χ4n) is 3.85. The number of piperidine rings is 2. The van der Waals surface area contributed by atoms with Crippen molar-refractivity contribution in [2.24, 2.45) is 5.92 Å². The number of rotatable bonds is 4. The molecule has 2 saturated heterocycles. The highest BCUT2D eigenvalue weighted by Crippen LogP contribution is 2.34. The molecule has 3 rings (SSSR count). The van der Waals surface area contributed by atoms with Crippen LogP contribution in [0.2, 0.25) is 0 Å². The fourth-order valence-corrected chi connectivity index (χ4v) is 4.72. The van der Waals surface area contributed by atoms with Crippen LogP contribution in [0.5, 0.6) is 0 Å². The van der Waals surface area contributed by atoms with Gasteiger partial charge in [-0.15, -0.1) is 11.3 Å². The Morgan fingerprint density at radius 3 is 2.56 bits per heavy atom. The monoisotopic (exact) mass is 411 g/mol. The number of likely N-dealkylation sites (tertiary alicyclic amines) is 1.